The van der Waals surface area contributed by atoms with E-state index in [4.69, 9.17) is 11.6 Å². The van der Waals surface area contributed by atoms with Gasteiger partial charge in [-0.15, -0.1) is 0 Å². The number of alkyl halides is 2. The van der Waals surface area contributed by atoms with Crippen molar-refractivity contribution in [2.75, 3.05) is 0 Å². The first-order valence-corrected chi connectivity index (χ1v) is 3.71. The van der Waals surface area contributed by atoms with Gasteiger partial charge < -0.3 is 4.74 Å². The molecule has 0 spiro atoms. The number of aldehydes is 1. The Bertz CT molecular complexity index is 315. The molecule has 0 fully saturated rings. The minimum atomic E-state index is -2.89. The van der Waals surface area contributed by atoms with Crippen LogP contribution in [0.25, 0.3) is 0 Å². The van der Waals surface area contributed by atoms with Crippen molar-refractivity contribution in [2.45, 2.75) is 6.61 Å². The normalized spacial score (nSPS) is 10.2. The third-order valence-corrected chi connectivity index (χ3v) is 1.65. The van der Waals surface area contributed by atoms with Gasteiger partial charge in [0.1, 0.15) is 5.75 Å². The Morgan fingerprint density at radius 1 is 1.46 bits per heavy atom. The second kappa shape index (κ2) is 4.18. The fourth-order valence-electron chi connectivity index (χ4n) is 0.780. The summed E-state index contributed by atoms with van der Waals surface area (Å²) in [5, 5.41) is 0.0909. The zero-order valence-electron chi connectivity index (χ0n) is 6.34. The Hall–Kier alpha value is -1.16. The van der Waals surface area contributed by atoms with Crippen molar-refractivity contribution in [1.82, 2.24) is 0 Å². The predicted octanol–water partition coefficient (Wildman–Crippen LogP) is 2.75. The van der Waals surface area contributed by atoms with E-state index in [1.54, 1.807) is 0 Å². The van der Waals surface area contributed by atoms with E-state index in [9.17, 15) is 13.6 Å². The van der Waals surface area contributed by atoms with Crippen molar-refractivity contribution in [3.05, 3.63) is 28.8 Å². The summed E-state index contributed by atoms with van der Waals surface area (Å²) in [5.74, 6) is -0.0643. The molecule has 5 heteroatoms. The molecular weight excluding hydrogens is 202 g/mol. The van der Waals surface area contributed by atoms with Crippen LogP contribution >= 0.6 is 11.6 Å². The third kappa shape index (κ3) is 2.66. The van der Waals surface area contributed by atoms with Crippen molar-refractivity contribution >= 4 is 17.9 Å². The summed E-state index contributed by atoms with van der Waals surface area (Å²) in [5.41, 5.74) is 0.239. The smallest absolute Gasteiger partial charge is 0.387 e. The monoisotopic (exact) mass is 206 g/mol. The van der Waals surface area contributed by atoms with Crippen molar-refractivity contribution in [3.63, 3.8) is 0 Å². The molecule has 1 aromatic rings. The maximum absolute atomic E-state index is 11.7. The van der Waals surface area contributed by atoms with Gasteiger partial charge in [-0.1, -0.05) is 11.6 Å². The summed E-state index contributed by atoms with van der Waals surface area (Å²) in [6.45, 7) is -2.89. The van der Waals surface area contributed by atoms with Crippen molar-refractivity contribution in [2.24, 2.45) is 0 Å². The predicted molar refractivity (Wildman–Crippen MR) is 43.5 cm³/mol. The Balaban J connectivity index is 2.89. The van der Waals surface area contributed by atoms with Crippen LogP contribution < -0.4 is 4.74 Å². The van der Waals surface area contributed by atoms with Gasteiger partial charge in [0.05, 0.1) is 5.02 Å². The lowest BCUT2D eigenvalue weighted by atomic mass is 10.2. The van der Waals surface area contributed by atoms with E-state index >= 15 is 0 Å². The number of rotatable bonds is 3. The minimum absolute atomic E-state index is 0.0643. The highest BCUT2D eigenvalue weighted by Gasteiger charge is 2.06. The van der Waals surface area contributed by atoms with Gasteiger partial charge in [0.2, 0.25) is 0 Å². The van der Waals surface area contributed by atoms with E-state index in [1.165, 1.54) is 12.1 Å². The van der Waals surface area contributed by atoms with Crippen LogP contribution in [0.2, 0.25) is 5.02 Å². The van der Waals surface area contributed by atoms with Crippen LogP contribution in [-0.4, -0.2) is 12.9 Å². The first-order chi connectivity index (χ1) is 6.13. The van der Waals surface area contributed by atoms with Crippen molar-refractivity contribution < 1.29 is 18.3 Å². The van der Waals surface area contributed by atoms with Crippen LogP contribution in [0.15, 0.2) is 18.2 Å². The molecule has 0 radical (unpaired) electrons. The highest BCUT2D eigenvalue weighted by atomic mass is 35.5. The lowest BCUT2D eigenvalue weighted by Crippen LogP contribution is -2.01. The van der Waals surface area contributed by atoms with E-state index in [0.717, 1.165) is 6.07 Å². The Morgan fingerprint density at radius 3 is 2.62 bits per heavy atom. The number of halogens is 3. The maximum atomic E-state index is 11.7. The molecule has 0 aliphatic heterocycles. The Kier molecular flexibility index (Phi) is 3.19. The van der Waals surface area contributed by atoms with E-state index in [1.807, 2.05) is 0 Å². The van der Waals surface area contributed by atoms with Crippen LogP contribution in [-0.2, 0) is 0 Å². The summed E-state index contributed by atoms with van der Waals surface area (Å²) in [6.07, 6.45) is 0.536. The standard InChI is InChI=1S/C8H5ClF2O2/c9-7-3-6(13-8(10)11)2-1-5(7)4-12/h1-4,8H. The summed E-state index contributed by atoms with van der Waals surface area (Å²) < 4.78 is 27.5. The molecule has 0 aliphatic rings. The zero-order valence-corrected chi connectivity index (χ0v) is 7.09. The van der Waals surface area contributed by atoms with Gasteiger partial charge in [-0.3, -0.25) is 4.79 Å². The van der Waals surface area contributed by atoms with E-state index in [0.29, 0.717) is 6.29 Å². The van der Waals surface area contributed by atoms with Gasteiger partial charge in [0, 0.05) is 5.56 Å². The molecule has 0 heterocycles. The molecule has 0 atom stereocenters. The number of carbonyl (C=O) groups is 1. The number of hydrogen-bond acceptors (Lipinski definition) is 2. The summed E-state index contributed by atoms with van der Waals surface area (Å²) in [7, 11) is 0. The van der Waals surface area contributed by atoms with Gasteiger partial charge >= 0.3 is 6.61 Å². The largest absolute Gasteiger partial charge is 0.435 e. The lowest BCUT2D eigenvalue weighted by Gasteiger charge is -2.04. The number of benzene rings is 1. The molecule has 1 rings (SSSR count). The van der Waals surface area contributed by atoms with Gasteiger partial charge in [-0.05, 0) is 18.2 Å². The summed E-state index contributed by atoms with van der Waals surface area (Å²) >= 11 is 5.56. The van der Waals surface area contributed by atoms with Gasteiger partial charge in [-0.25, -0.2) is 0 Å². The first kappa shape index (κ1) is 9.92. The number of hydrogen-bond donors (Lipinski definition) is 0. The molecule has 0 aliphatic carbocycles. The van der Waals surface area contributed by atoms with Crippen LogP contribution in [0.3, 0.4) is 0 Å². The van der Waals surface area contributed by atoms with Crippen LogP contribution in [0.5, 0.6) is 5.75 Å². The summed E-state index contributed by atoms with van der Waals surface area (Å²) in [4.78, 5) is 10.3. The lowest BCUT2D eigenvalue weighted by molar-refractivity contribution is -0.0498. The van der Waals surface area contributed by atoms with Gasteiger partial charge in [0.15, 0.2) is 6.29 Å². The van der Waals surface area contributed by atoms with Crippen LogP contribution in [0.4, 0.5) is 8.78 Å². The molecule has 13 heavy (non-hydrogen) atoms. The fraction of sp³-hybridized carbons (Fsp3) is 0.125. The third-order valence-electron chi connectivity index (χ3n) is 1.32. The van der Waals surface area contributed by atoms with Gasteiger partial charge in [0.25, 0.3) is 0 Å². The highest BCUT2D eigenvalue weighted by Crippen LogP contribution is 2.22. The van der Waals surface area contributed by atoms with E-state index in [2.05, 4.69) is 4.74 Å². The molecule has 0 aromatic heterocycles. The molecule has 0 bridgehead atoms. The highest BCUT2D eigenvalue weighted by molar-refractivity contribution is 6.33. The zero-order chi connectivity index (χ0) is 9.84. The van der Waals surface area contributed by atoms with Crippen LogP contribution in [0.1, 0.15) is 10.4 Å². The Labute approximate surface area is 78.1 Å². The second-order valence-electron chi connectivity index (χ2n) is 2.18. The SMILES string of the molecule is O=Cc1ccc(OC(F)F)cc1Cl. The van der Waals surface area contributed by atoms with Crippen molar-refractivity contribution in [3.8, 4) is 5.75 Å². The maximum Gasteiger partial charge on any atom is 0.387 e. The van der Waals surface area contributed by atoms with Crippen molar-refractivity contribution in [1.29, 1.82) is 0 Å². The molecule has 1 aromatic carbocycles. The first-order valence-electron chi connectivity index (χ1n) is 3.33. The number of ether oxygens (including phenoxy) is 1. The molecule has 0 amide bonds. The molecular formula is C8H5ClF2O2. The molecule has 0 saturated carbocycles. The quantitative estimate of drug-likeness (QED) is 0.711. The summed E-state index contributed by atoms with van der Waals surface area (Å²) in [6, 6.07) is 3.73. The average molecular weight is 207 g/mol. The van der Waals surface area contributed by atoms with E-state index < -0.39 is 6.61 Å². The minimum Gasteiger partial charge on any atom is -0.435 e. The second-order valence-corrected chi connectivity index (χ2v) is 2.59. The molecule has 0 unspecified atom stereocenters. The molecule has 0 N–H and O–H groups in total. The van der Waals surface area contributed by atoms with E-state index in [-0.39, 0.29) is 16.3 Å². The number of carbonyl (C=O) groups excluding carboxylic acids is 1. The average Bonchev–Trinajstić information content (AvgIpc) is 2.03. The van der Waals surface area contributed by atoms with Crippen LogP contribution in [0, 0.1) is 0 Å². The Morgan fingerprint density at radius 2 is 2.15 bits per heavy atom. The molecule has 70 valence electrons. The van der Waals surface area contributed by atoms with Gasteiger partial charge in [-0.2, -0.15) is 8.78 Å². The fourth-order valence-corrected chi connectivity index (χ4v) is 0.995. The molecule has 0 saturated heterocycles. The topological polar surface area (TPSA) is 26.3 Å². The molecule has 2 nitrogen and oxygen atoms in total.